The number of nitrogens with one attached hydrogen (secondary N) is 1. The molecule has 0 radical (unpaired) electrons. The Bertz CT molecular complexity index is 243. The summed E-state index contributed by atoms with van der Waals surface area (Å²) in [6.07, 6.45) is 0.895. The quantitative estimate of drug-likeness (QED) is 0.728. The lowest BCUT2D eigenvalue weighted by molar-refractivity contribution is 0.105. The van der Waals surface area contributed by atoms with Gasteiger partial charge in [-0.05, 0) is 13.3 Å². The Morgan fingerprint density at radius 2 is 2.12 bits per heavy atom. The van der Waals surface area contributed by atoms with Crippen LogP contribution in [0, 0.1) is 0 Å². The van der Waals surface area contributed by atoms with Crippen molar-refractivity contribution in [3.8, 4) is 0 Å². The van der Waals surface area contributed by atoms with E-state index < -0.39 is 0 Å². The van der Waals surface area contributed by atoms with E-state index >= 15 is 0 Å². The second-order valence-electron chi connectivity index (χ2n) is 4.39. The predicted molar refractivity (Wildman–Crippen MR) is 61.4 cm³/mol. The van der Waals surface area contributed by atoms with Gasteiger partial charge in [-0.1, -0.05) is 0 Å². The molecule has 0 bridgehead atoms. The summed E-state index contributed by atoms with van der Waals surface area (Å²) in [7, 11) is 0. The molecule has 0 aromatic rings. The highest BCUT2D eigenvalue weighted by molar-refractivity contribution is 5.67. The van der Waals surface area contributed by atoms with Gasteiger partial charge in [-0.2, -0.15) is 0 Å². The molecule has 0 atom stereocenters. The van der Waals surface area contributed by atoms with Gasteiger partial charge in [0.25, 0.3) is 0 Å². The summed E-state index contributed by atoms with van der Waals surface area (Å²) in [5.41, 5.74) is 0. The average Bonchev–Trinajstić information content (AvgIpc) is 2.41. The zero-order valence-corrected chi connectivity index (χ0v) is 9.95. The summed E-state index contributed by atoms with van der Waals surface area (Å²) in [5, 5.41) is 3.29. The van der Waals surface area contributed by atoms with Crippen molar-refractivity contribution in [1.29, 1.82) is 0 Å². The molecular weight excluding hydrogens is 206 g/mol. The first-order valence-corrected chi connectivity index (χ1v) is 6.17. The van der Waals surface area contributed by atoms with Gasteiger partial charge in [0.05, 0.1) is 6.61 Å². The fourth-order valence-corrected chi connectivity index (χ4v) is 2.23. The van der Waals surface area contributed by atoms with Gasteiger partial charge in [-0.25, -0.2) is 4.79 Å². The number of hydrogen-bond donors (Lipinski definition) is 1. The number of rotatable bonds is 2. The topological polar surface area (TPSA) is 44.8 Å². The van der Waals surface area contributed by atoms with Gasteiger partial charge in [0.1, 0.15) is 0 Å². The SMILES string of the molecule is CCOC(=O)N1CCCN(C2CNC2)CC1. The molecule has 2 heterocycles. The zero-order valence-electron chi connectivity index (χ0n) is 9.95. The maximum Gasteiger partial charge on any atom is 0.409 e. The van der Waals surface area contributed by atoms with E-state index in [0.29, 0.717) is 12.6 Å². The molecule has 5 heteroatoms. The summed E-state index contributed by atoms with van der Waals surface area (Å²) in [6.45, 7) is 8.21. The second-order valence-corrected chi connectivity index (χ2v) is 4.39. The van der Waals surface area contributed by atoms with Crippen LogP contribution in [0.25, 0.3) is 0 Å². The van der Waals surface area contributed by atoms with Gasteiger partial charge in [0.2, 0.25) is 0 Å². The molecule has 0 saturated carbocycles. The third kappa shape index (κ3) is 2.65. The minimum atomic E-state index is -0.156. The number of carbonyl (C=O) groups is 1. The lowest BCUT2D eigenvalue weighted by atomic mass is 10.1. The van der Waals surface area contributed by atoms with Crippen LogP contribution >= 0.6 is 0 Å². The summed E-state index contributed by atoms with van der Waals surface area (Å²) >= 11 is 0. The molecule has 2 saturated heterocycles. The van der Waals surface area contributed by atoms with Gasteiger partial charge in [0.15, 0.2) is 0 Å². The van der Waals surface area contributed by atoms with Gasteiger partial charge in [-0.3, -0.25) is 4.90 Å². The molecule has 2 aliphatic rings. The number of carbonyl (C=O) groups excluding carboxylic acids is 1. The molecule has 0 aromatic carbocycles. The molecule has 92 valence electrons. The highest BCUT2D eigenvalue weighted by Crippen LogP contribution is 2.10. The molecule has 16 heavy (non-hydrogen) atoms. The molecule has 1 amide bonds. The maximum atomic E-state index is 11.6. The zero-order chi connectivity index (χ0) is 11.4. The van der Waals surface area contributed by atoms with Crippen LogP contribution in [0.2, 0.25) is 0 Å². The van der Waals surface area contributed by atoms with Crippen LogP contribution in [-0.2, 0) is 4.74 Å². The number of amides is 1. The van der Waals surface area contributed by atoms with Crippen molar-refractivity contribution < 1.29 is 9.53 Å². The van der Waals surface area contributed by atoms with Crippen LogP contribution in [0.4, 0.5) is 4.79 Å². The van der Waals surface area contributed by atoms with Gasteiger partial charge < -0.3 is 15.0 Å². The lowest BCUT2D eigenvalue weighted by Crippen LogP contribution is -2.57. The van der Waals surface area contributed by atoms with E-state index in [2.05, 4.69) is 10.2 Å². The highest BCUT2D eigenvalue weighted by atomic mass is 16.6. The van der Waals surface area contributed by atoms with E-state index in [9.17, 15) is 4.79 Å². The normalized spacial score (nSPS) is 23.7. The fraction of sp³-hybridized carbons (Fsp3) is 0.909. The maximum absolute atomic E-state index is 11.6. The van der Waals surface area contributed by atoms with Gasteiger partial charge >= 0.3 is 6.09 Å². The van der Waals surface area contributed by atoms with Crippen LogP contribution in [0.15, 0.2) is 0 Å². The van der Waals surface area contributed by atoms with E-state index in [1.165, 1.54) is 0 Å². The Kier molecular flexibility index (Phi) is 4.01. The lowest BCUT2D eigenvalue weighted by Gasteiger charge is -2.37. The number of hydrogen-bond acceptors (Lipinski definition) is 4. The van der Waals surface area contributed by atoms with Crippen molar-refractivity contribution in [3.63, 3.8) is 0 Å². The molecule has 1 N–H and O–H groups in total. The average molecular weight is 227 g/mol. The first kappa shape index (κ1) is 11.7. The van der Waals surface area contributed by atoms with Crippen LogP contribution in [0.1, 0.15) is 13.3 Å². The summed E-state index contributed by atoms with van der Waals surface area (Å²) in [4.78, 5) is 15.9. The van der Waals surface area contributed by atoms with Crippen LogP contribution in [0.3, 0.4) is 0 Å². The molecule has 2 fully saturated rings. The van der Waals surface area contributed by atoms with E-state index in [4.69, 9.17) is 4.74 Å². The summed E-state index contributed by atoms with van der Waals surface area (Å²) in [5.74, 6) is 0. The fourth-order valence-electron chi connectivity index (χ4n) is 2.23. The standard InChI is InChI=1S/C11H21N3O2/c1-2-16-11(15)14-5-3-4-13(6-7-14)10-8-12-9-10/h10,12H,2-9H2,1H3. The van der Waals surface area contributed by atoms with Crippen molar-refractivity contribution in [2.75, 3.05) is 45.9 Å². The predicted octanol–water partition coefficient (Wildman–Crippen LogP) is 0.122. The van der Waals surface area contributed by atoms with Gasteiger partial charge in [0, 0.05) is 45.3 Å². The summed E-state index contributed by atoms with van der Waals surface area (Å²) < 4.78 is 5.03. The largest absolute Gasteiger partial charge is 0.450 e. The van der Waals surface area contributed by atoms with Crippen molar-refractivity contribution in [2.45, 2.75) is 19.4 Å². The Morgan fingerprint density at radius 3 is 2.75 bits per heavy atom. The Hall–Kier alpha value is -0.810. The third-order valence-electron chi connectivity index (χ3n) is 3.33. The van der Waals surface area contributed by atoms with E-state index in [1.807, 2.05) is 11.8 Å². The van der Waals surface area contributed by atoms with Crippen molar-refractivity contribution >= 4 is 6.09 Å². The number of nitrogens with zero attached hydrogens (tertiary/aromatic N) is 2. The van der Waals surface area contributed by atoms with E-state index in [1.54, 1.807) is 0 Å². The monoisotopic (exact) mass is 227 g/mol. The van der Waals surface area contributed by atoms with E-state index in [0.717, 1.165) is 45.7 Å². The first-order valence-electron chi connectivity index (χ1n) is 6.17. The number of ether oxygens (including phenoxy) is 1. The molecule has 5 nitrogen and oxygen atoms in total. The van der Waals surface area contributed by atoms with Crippen molar-refractivity contribution in [1.82, 2.24) is 15.1 Å². The molecular formula is C11H21N3O2. The molecule has 0 spiro atoms. The van der Waals surface area contributed by atoms with Gasteiger partial charge in [-0.15, -0.1) is 0 Å². The molecule has 0 aromatic heterocycles. The summed E-state index contributed by atoms with van der Waals surface area (Å²) in [6, 6.07) is 0.683. The van der Waals surface area contributed by atoms with E-state index in [-0.39, 0.29) is 6.09 Å². The first-order chi connectivity index (χ1) is 7.81. The second kappa shape index (κ2) is 5.50. The van der Waals surface area contributed by atoms with Crippen LogP contribution in [0.5, 0.6) is 0 Å². The molecule has 0 aliphatic carbocycles. The third-order valence-corrected chi connectivity index (χ3v) is 3.33. The molecule has 2 aliphatic heterocycles. The minimum absolute atomic E-state index is 0.156. The molecule has 2 rings (SSSR count). The highest BCUT2D eigenvalue weighted by Gasteiger charge is 2.27. The Morgan fingerprint density at radius 1 is 1.31 bits per heavy atom. The Labute approximate surface area is 96.7 Å². The van der Waals surface area contributed by atoms with Crippen LogP contribution in [-0.4, -0.2) is 67.8 Å². The molecule has 0 unspecified atom stereocenters. The minimum Gasteiger partial charge on any atom is -0.450 e. The Balaban J connectivity index is 1.80. The smallest absolute Gasteiger partial charge is 0.409 e. The van der Waals surface area contributed by atoms with Crippen molar-refractivity contribution in [3.05, 3.63) is 0 Å². The van der Waals surface area contributed by atoms with Crippen molar-refractivity contribution in [2.24, 2.45) is 0 Å². The van der Waals surface area contributed by atoms with Crippen LogP contribution < -0.4 is 5.32 Å².